The third-order valence-electron chi connectivity index (χ3n) is 4.64. The van der Waals surface area contributed by atoms with Gasteiger partial charge in [0.05, 0.1) is 33.1 Å². The fraction of sp³-hybridized carbons (Fsp3) is 0.833. The van der Waals surface area contributed by atoms with Gasteiger partial charge < -0.3 is 25.4 Å². The Balaban J connectivity index is 1.41. The lowest BCUT2D eigenvalue weighted by molar-refractivity contribution is -0.147. The maximum absolute atomic E-state index is 11.8. The molecule has 2 fully saturated rings. The van der Waals surface area contributed by atoms with E-state index in [4.69, 9.17) is 17.3 Å². The highest BCUT2D eigenvalue weighted by molar-refractivity contribution is 8.00. The van der Waals surface area contributed by atoms with Crippen molar-refractivity contribution >= 4 is 37.5 Å². The van der Waals surface area contributed by atoms with E-state index in [1.54, 1.807) is 13.8 Å². The molecule has 2 saturated heterocycles. The standard InChI is InChI=1S/C18H30BN3O5S/c1-18(2,19)16(24)27-10-9-26-8-7-20-14(23)6-4-3-5-13-15-12(11-28-13)21-17(25)22-15/h12-13,15H,3-11H2,1-2H3,(H,20,23)(H2,21,22,25). The molecule has 2 aliphatic heterocycles. The summed E-state index contributed by atoms with van der Waals surface area (Å²) in [7, 11) is 5.60. The first-order chi connectivity index (χ1) is 13.3. The summed E-state index contributed by atoms with van der Waals surface area (Å²) in [6.45, 7) is 4.37. The second kappa shape index (κ2) is 10.9. The first kappa shape index (κ1) is 22.9. The molecule has 2 radical (unpaired) electrons. The summed E-state index contributed by atoms with van der Waals surface area (Å²) in [5.74, 6) is 0.493. The van der Waals surface area contributed by atoms with Crippen LogP contribution in [0.15, 0.2) is 0 Å². The first-order valence-electron chi connectivity index (χ1n) is 9.76. The van der Waals surface area contributed by atoms with Crippen molar-refractivity contribution in [2.75, 3.05) is 32.1 Å². The number of carbonyl (C=O) groups excluding carboxylic acids is 3. The summed E-state index contributed by atoms with van der Waals surface area (Å²) in [5.41, 5.74) is 0. The minimum atomic E-state index is -1.01. The molecular weight excluding hydrogens is 381 g/mol. The largest absolute Gasteiger partial charge is 0.463 e. The molecule has 0 aliphatic carbocycles. The van der Waals surface area contributed by atoms with Crippen molar-refractivity contribution in [3.63, 3.8) is 0 Å². The van der Waals surface area contributed by atoms with E-state index >= 15 is 0 Å². The molecule has 0 aromatic carbocycles. The van der Waals surface area contributed by atoms with Crippen molar-refractivity contribution in [3.05, 3.63) is 0 Å². The molecular formula is C18H30BN3O5S. The number of unbranched alkanes of at least 4 members (excludes halogenated alkanes) is 1. The van der Waals surface area contributed by atoms with Crippen molar-refractivity contribution in [1.82, 2.24) is 16.0 Å². The van der Waals surface area contributed by atoms with Crippen molar-refractivity contribution in [3.8, 4) is 0 Å². The van der Waals surface area contributed by atoms with Gasteiger partial charge >= 0.3 is 12.0 Å². The van der Waals surface area contributed by atoms with Crippen molar-refractivity contribution in [1.29, 1.82) is 0 Å². The number of thioether (sulfide) groups is 1. The van der Waals surface area contributed by atoms with Crippen LogP contribution in [0.4, 0.5) is 4.79 Å². The highest BCUT2D eigenvalue weighted by Gasteiger charge is 2.42. The molecule has 2 heterocycles. The van der Waals surface area contributed by atoms with Crippen LogP contribution in [0.3, 0.4) is 0 Å². The van der Waals surface area contributed by atoms with Crippen LogP contribution in [0.2, 0.25) is 5.31 Å². The third kappa shape index (κ3) is 7.54. The Morgan fingerprint density at radius 2 is 2.04 bits per heavy atom. The topological polar surface area (TPSA) is 106 Å². The summed E-state index contributed by atoms with van der Waals surface area (Å²) in [4.78, 5) is 34.6. The lowest BCUT2D eigenvalue weighted by Crippen LogP contribution is -2.36. The summed E-state index contributed by atoms with van der Waals surface area (Å²) in [5, 5.41) is 8.15. The zero-order valence-corrected chi connectivity index (χ0v) is 17.4. The molecule has 3 unspecified atom stereocenters. The van der Waals surface area contributed by atoms with Gasteiger partial charge in [-0.2, -0.15) is 11.8 Å². The van der Waals surface area contributed by atoms with E-state index in [0.29, 0.717) is 24.8 Å². The van der Waals surface area contributed by atoms with Crippen LogP contribution in [0.25, 0.3) is 0 Å². The molecule has 0 bridgehead atoms. The predicted molar refractivity (Wildman–Crippen MR) is 109 cm³/mol. The van der Waals surface area contributed by atoms with Crippen LogP contribution in [-0.4, -0.2) is 75.2 Å². The molecule has 8 nitrogen and oxygen atoms in total. The Morgan fingerprint density at radius 1 is 1.25 bits per heavy atom. The molecule has 0 aromatic heterocycles. The van der Waals surface area contributed by atoms with Crippen molar-refractivity contribution in [2.24, 2.45) is 0 Å². The zero-order valence-electron chi connectivity index (χ0n) is 16.6. The number of nitrogens with one attached hydrogen (secondary N) is 3. The van der Waals surface area contributed by atoms with Crippen LogP contribution in [0.1, 0.15) is 39.5 Å². The SMILES string of the molecule is [B]C(C)(C)C(=O)OCCOCCNC(=O)CCCCC1SCC2NC(=O)NC21. The van der Waals surface area contributed by atoms with E-state index in [1.807, 2.05) is 11.8 Å². The number of amides is 3. The second-order valence-corrected chi connectivity index (χ2v) is 8.96. The number of urea groups is 1. The highest BCUT2D eigenvalue weighted by atomic mass is 32.2. The summed E-state index contributed by atoms with van der Waals surface area (Å²) < 4.78 is 10.3. The van der Waals surface area contributed by atoms with Crippen molar-refractivity contribution < 1.29 is 23.9 Å². The lowest BCUT2D eigenvalue weighted by atomic mass is 9.73. The van der Waals surface area contributed by atoms with Gasteiger partial charge in [-0.15, -0.1) is 0 Å². The zero-order chi connectivity index (χ0) is 20.6. The van der Waals surface area contributed by atoms with Crippen LogP contribution in [-0.2, 0) is 19.1 Å². The van der Waals surface area contributed by atoms with Gasteiger partial charge in [0, 0.05) is 29.3 Å². The number of esters is 1. The fourth-order valence-electron chi connectivity index (χ4n) is 3.11. The minimum absolute atomic E-state index is 0.00713. The van der Waals surface area contributed by atoms with Crippen LogP contribution in [0.5, 0.6) is 0 Å². The quantitative estimate of drug-likeness (QED) is 0.190. The van der Waals surface area contributed by atoms with Crippen LogP contribution in [0, 0.1) is 0 Å². The molecule has 10 heteroatoms. The van der Waals surface area contributed by atoms with Gasteiger partial charge in [0.1, 0.15) is 6.61 Å². The number of ether oxygens (including phenoxy) is 2. The van der Waals surface area contributed by atoms with Gasteiger partial charge in [-0.1, -0.05) is 20.3 Å². The maximum Gasteiger partial charge on any atom is 0.315 e. The van der Waals surface area contributed by atoms with Gasteiger partial charge in [0.15, 0.2) is 0 Å². The Labute approximate surface area is 172 Å². The van der Waals surface area contributed by atoms with E-state index in [1.165, 1.54) is 0 Å². The molecule has 3 N–H and O–H groups in total. The van der Waals surface area contributed by atoms with E-state index in [0.717, 1.165) is 25.0 Å². The van der Waals surface area contributed by atoms with Crippen LogP contribution < -0.4 is 16.0 Å². The van der Waals surface area contributed by atoms with Gasteiger partial charge in [-0.3, -0.25) is 9.59 Å². The normalized spacial score (nSPS) is 23.6. The number of fused-ring (bicyclic) bond motifs is 1. The van der Waals surface area contributed by atoms with Gasteiger partial charge in [0.25, 0.3) is 0 Å². The van der Waals surface area contributed by atoms with E-state index in [-0.39, 0.29) is 37.2 Å². The van der Waals surface area contributed by atoms with Crippen LogP contribution >= 0.6 is 11.8 Å². The smallest absolute Gasteiger partial charge is 0.315 e. The molecule has 28 heavy (non-hydrogen) atoms. The number of rotatable bonds is 12. The molecule has 0 aromatic rings. The van der Waals surface area contributed by atoms with E-state index in [9.17, 15) is 14.4 Å². The Kier molecular flexibility index (Phi) is 8.94. The molecule has 156 valence electrons. The monoisotopic (exact) mass is 411 g/mol. The fourth-order valence-corrected chi connectivity index (χ4v) is 4.65. The Bertz CT molecular complexity index is 558. The van der Waals surface area contributed by atoms with Gasteiger partial charge in [0.2, 0.25) is 5.91 Å². The number of carbonyl (C=O) groups is 3. The summed E-state index contributed by atoms with van der Waals surface area (Å²) in [6.07, 6.45) is 3.28. The third-order valence-corrected chi connectivity index (χ3v) is 6.14. The van der Waals surface area contributed by atoms with E-state index in [2.05, 4.69) is 16.0 Å². The average Bonchev–Trinajstić information content (AvgIpc) is 3.16. The molecule has 0 spiro atoms. The predicted octanol–water partition coefficient (Wildman–Crippen LogP) is 0.755. The number of hydrogen-bond acceptors (Lipinski definition) is 6. The molecule has 0 saturated carbocycles. The summed E-state index contributed by atoms with van der Waals surface area (Å²) in [6, 6.07) is 0.401. The minimum Gasteiger partial charge on any atom is -0.463 e. The average molecular weight is 411 g/mol. The Hall–Kier alpha value is -1.42. The van der Waals surface area contributed by atoms with Crippen molar-refractivity contribution in [2.45, 2.75) is 62.2 Å². The molecule has 3 amide bonds. The van der Waals surface area contributed by atoms with E-state index < -0.39 is 11.3 Å². The first-order valence-corrected chi connectivity index (χ1v) is 10.8. The Morgan fingerprint density at radius 3 is 2.79 bits per heavy atom. The van der Waals surface area contributed by atoms with Gasteiger partial charge in [-0.25, -0.2) is 4.79 Å². The molecule has 2 aliphatic rings. The van der Waals surface area contributed by atoms with Gasteiger partial charge in [-0.05, 0) is 12.8 Å². The number of hydrogen-bond donors (Lipinski definition) is 3. The lowest BCUT2D eigenvalue weighted by Gasteiger charge is -2.17. The molecule has 3 atom stereocenters. The second-order valence-electron chi connectivity index (χ2n) is 7.69. The maximum atomic E-state index is 11.8. The highest BCUT2D eigenvalue weighted by Crippen LogP contribution is 2.33. The molecule has 2 rings (SSSR count). The summed E-state index contributed by atoms with van der Waals surface area (Å²) >= 11 is 1.89.